The summed E-state index contributed by atoms with van der Waals surface area (Å²) in [6.45, 7) is 6.51. The van der Waals surface area contributed by atoms with Crippen LogP contribution in [0.15, 0.2) is 0 Å². The Labute approximate surface area is 96.1 Å². The monoisotopic (exact) mass is 228 g/mol. The maximum Gasteiger partial charge on any atom is 0.162 e. The van der Waals surface area contributed by atoms with Gasteiger partial charge in [0, 0.05) is 32.6 Å². The van der Waals surface area contributed by atoms with Crippen molar-refractivity contribution < 1.29 is 14.3 Å². The van der Waals surface area contributed by atoms with Gasteiger partial charge in [-0.15, -0.1) is 0 Å². The zero-order valence-electron chi connectivity index (χ0n) is 9.78. The standard InChI is InChI=1S/C11H20N2O3/c1-2-9(14)10-8-13(4-6-15-10)11-7-12-3-5-16-11/h10-12H,2-8H2,1H3. The van der Waals surface area contributed by atoms with Crippen LogP contribution >= 0.6 is 0 Å². The van der Waals surface area contributed by atoms with Crippen molar-refractivity contribution in [2.45, 2.75) is 25.7 Å². The van der Waals surface area contributed by atoms with Gasteiger partial charge in [-0.2, -0.15) is 0 Å². The van der Waals surface area contributed by atoms with Gasteiger partial charge >= 0.3 is 0 Å². The van der Waals surface area contributed by atoms with Gasteiger partial charge in [0.25, 0.3) is 0 Å². The number of carbonyl (C=O) groups excluding carboxylic acids is 1. The summed E-state index contributed by atoms with van der Waals surface area (Å²) in [5, 5.41) is 3.30. The number of ketones is 1. The largest absolute Gasteiger partial charge is 0.368 e. The number of carbonyl (C=O) groups is 1. The number of rotatable bonds is 3. The summed E-state index contributed by atoms with van der Waals surface area (Å²) in [6, 6.07) is 0. The van der Waals surface area contributed by atoms with E-state index in [1.165, 1.54) is 0 Å². The van der Waals surface area contributed by atoms with Crippen molar-refractivity contribution >= 4 is 5.78 Å². The third-order valence-corrected chi connectivity index (χ3v) is 3.12. The van der Waals surface area contributed by atoms with Crippen LogP contribution in [-0.2, 0) is 14.3 Å². The molecule has 2 atom stereocenters. The molecular weight excluding hydrogens is 208 g/mol. The number of nitrogens with one attached hydrogen (secondary N) is 1. The minimum absolute atomic E-state index is 0.102. The summed E-state index contributed by atoms with van der Waals surface area (Å²) in [5.74, 6) is 0.188. The van der Waals surface area contributed by atoms with E-state index in [9.17, 15) is 4.79 Å². The second-order valence-corrected chi connectivity index (χ2v) is 4.20. The van der Waals surface area contributed by atoms with E-state index in [1.807, 2.05) is 6.92 Å². The van der Waals surface area contributed by atoms with Gasteiger partial charge in [-0.1, -0.05) is 6.92 Å². The molecule has 0 radical (unpaired) electrons. The molecule has 2 rings (SSSR count). The molecule has 0 amide bonds. The molecule has 2 saturated heterocycles. The second-order valence-electron chi connectivity index (χ2n) is 4.20. The van der Waals surface area contributed by atoms with E-state index in [0.717, 1.165) is 26.2 Å². The average Bonchev–Trinajstić information content (AvgIpc) is 2.39. The first-order valence-electron chi connectivity index (χ1n) is 6.02. The lowest BCUT2D eigenvalue weighted by atomic mass is 10.1. The fourth-order valence-electron chi connectivity index (χ4n) is 2.14. The van der Waals surface area contributed by atoms with E-state index < -0.39 is 0 Å². The summed E-state index contributed by atoms with van der Waals surface area (Å²) in [6.07, 6.45) is 0.386. The molecular formula is C11H20N2O3. The van der Waals surface area contributed by atoms with E-state index in [0.29, 0.717) is 19.6 Å². The van der Waals surface area contributed by atoms with Crippen molar-refractivity contribution in [3.05, 3.63) is 0 Å². The van der Waals surface area contributed by atoms with Crippen molar-refractivity contribution in [1.82, 2.24) is 10.2 Å². The van der Waals surface area contributed by atoms with Crippen LogP contribution in [0.25, 0.3) is 0 Å². The summed E-state index contributed by atoms with van der Waals surface area (Å²) in [7, 11) is 0. The number of morpholine rings is 2. The summed E-state index contributed by atoms with van der Waals surface area (Å²) in [5.41, 5.74) is 0. The zero-order chi connectivity index (χ0) is 11.4. The van der Waals surface area contributed by atoms with Crippen LogP contribution in [0.3, 0.4) is 0 Å². The second kappa shape index (κ2) is 5.72. The molecule has 16 heavy (non-hydrogen) atoms. The quantitative estimate of drug-likeness (QED) is 0.713. The number of hydrogen-bond donors (Lipinski definition) is 1. The molecule has 5 nitrogen and oxygen atoms in total. The molecule has 1 N–H and O–H groups in total. The van der Waals surface area contributed by atoms with Gasteiger partial charge in [-0.25, -0.2) is 0 Å². The van der Waals surface area contributed by atoms with Crippen LogP contribution < -0.4 is 5.32 Å². The molecule has 92 valence electrons. The van der Waals surface area contributed by atoms with Gasteiger partial charge in [0.2, 0.25) is 0 Å². The molecule has 0 aromatic carbocycles. The fourth-order valence-corrected chi connectivity index (χ4v) is 2.14. The summed E-state index contributed by atoms with van der Waals surface area (Å²) in [4.78, 5) is 13.8. The summed E-state index contributed by atoms with van der Waals surface area (Å²) >= 11 is 0. The smallest absolute Gasteiger partial charge is 0.162 e. The van der Waals surface area contributed by atoms with Gasteiger partial charge in [0.1, 0.15) is 12.3 Å². The molecule has 0 aromatic rings. The molecule has 0 aliphatic carbocycles. The van der Waals surface area contributed by atoms with Crippen LogP contribution in [0.1, 0.15) is 13.3 Å². The van der Waals surface area contributed by atoms with E-state index in [2.05, 4.69) is 10.2 Å². The topological polar surface area (TPSA) is 50.8 Å². The Kier molecular flexibility index (Phi) is 4.29. The number of hydrogen-bond acceptors (Lipinski definition) is 5. The number of ether oxygens (including phenoxy) is 2. The highest BCUT2D eigenvalue weighted by molar-refractivity contribution is 5.83. The Balaban J connectivity index is 1.87. The van der Waals surface area contributed by atoms with Crippen LogP contribution in [-0.4, -0.2) is 62.4 Å². The Morgan fingerprint density at radius 1 is 1.44 bits per heavy atom. The maximum atomic E-state index is 11.6. The molecule has 2 unspecified atom stereocenters. The molecule has 5 heteroatoms. The Hall–Kier alpha value is -0.490. The first-order chi connectivity index (χ1) is 7.81. The van der Waals surface area contributed by atoms with E-state index >= 15 is 0 Å². The van der Waals surface area contributed by atoms with Gasteiger partial charge in [0.15, 0.2) is 5.78 Å². The first kappa shape index (κ1) is 12.0. The highest BCUT2D eigenvalue weighted by Crippen LogP contribution is 2.12. The van der Waals surface area contributed by atoms with Crippen molar-refractivity contribution in [3.8, 4) is 0 Å². The highest BCUT2D eigenvalue weighted by Gasteiger charge is 2.30. The summed E-state index contributed by atoms with van der Waals surface area (Å²) < 4.78 is 11.2. The van der Waals surface area contributed by atoms with Crippen LogP contribution in [0.2, 0.25) is 0 Å². The molecule has 0 spiro atoms. The van der Waals surface area contributed by atoms with Crippen molar-refractivity contribution in [3.63, 3.8) is 0 Å². The average molecular weight is 228 g/mol. The maximum absolute atomic E-state index is 11.6. The predicted octanol–water partition coefficient (Wildman–Crippen LogP) is -0.388. The predicted molar refractivity (Wildman–Crippen MR) is 59.2 cm³/mol. The normalized spacial score (nSPS) is 32.6. The fraction of sp³-hybridized carbons (Fsp3) is 0.909. The zero-order valence-corrected chi connectivity index (χ0v) is 9.78. The molecule has 0 bridgehead atoms. The Morgan fingerprint density at radius 2 is 2.31 bits per heavy atom. The van der Waals surface area contributed by atoms with E-state index in [4.69, 9.17) is 9.47 Å². The minimum Gasteiger partial charge on any atom is -0.368 e. The van der Waals surface area contributed by atoms with Crippen molar-refractivity contribution in [2.75, 3.05) is 39.4 Å². The van der Waals surface area contributed by atoms with E-state index in [-0.39, 0.29) is 18.1 Å². The Morgan fingerprint density at radius 3 is 3.00 bits per heavy atom. The lowest BCUT2D eigenvalue weighted by Crippen LogP contribution is -2.56. The lowest BCUT2D eigenvalue weighted by Gasteiger charge is -2.39. The van der Waals surface area contributed by atoms with Crippen LogP contribution in [0.4, 0.5) is 0 Å². The molecule has 2 aliphatic heterocycles. The van der Waals surface area contributed by atoms with Crippen molar-refractivity contribution in [1.29, 1.82) is 0 Å². The number of nitrogens with zero attached hydrogens (tertiary/aromatic N) is 1. The van der Waals surface area contributed by atoms with Gasteiger partial charge in [-0.3, -0.25) is 9.69 Å². The molecule has 2 heterocycles. The highest BCUT2D eigenvalue weighted by atomic mass is 16.5. The van der Waals surface area contributed by atoms with E-state index in [1.54, 1.807) is 0 Å². The molecule has 2 fully saturated rings. The third-order valence-electron chi connectivity index (χ3n) is 3.12. The lowest BCUT2D eigenvalue weighted by molar-refractivity contribution is -0.150. The SMILES string of the molecule is CCC(=O)C1CN(C2CNCCO2)CCO1. The molecule has 0 aromatic heterocycles. The Bertz CT molecular complexity index is 241. The third kappa shape index (κ3) is 2.79. The number of Topliss-reactive ketones (excluding diaryl/α,β-unsaturated/α-hetero) is 1. The van der Waals surface area contributed by atoms with Crippen LogP contribution in [0, 0.1) is 0 Å². The van der Waals surface area contributed by atoms with Crippen molar-refractivity contribution in [2.24, 2.45) is 0 Å². The molecule has 2 aliphatic rings. The van der Waals surface area contributed by atoms with Gasteiger partial charge in [0.05, 0.1) is 13.2 Å². The van der Waals surface area contributed by atoms with Gasteiger partial charge < -0.3 is 14.8 Å². The minimum atomic E-state index is -0.260. The van der Waals surface area contributed by atoms with Crippen LogP contribution in [0.5, 0.6) is 0 Å². The molecule has 0 saturated carbocycles. The first-order valence-corrected chi connectivity index (χ1v) is 6.02. The van der Waals surface area contributed by atoms with Gasteiger partial charge in [-0.05, 0) is 0 Å².